The lowest BCUT2D eigenvalue weighted by molar-refractivity contribution is 0.0833. The highest BCUT2D eigenvalue weighted by atomic mass is 35.5. The third-order valence-corrected chi connectivity index (χ3v) is 8.42. The number of hydrogen-bond donors (Lipinski definition) is 0. The molecule has 0 aliphatic rings. The number of hydrogen-bond acceptors (Lipinski definition) is 5. The lowest BCUT2D eigenvalue weighted by atomic mass is 9.68. The molecule has 2 heterocycles. The van der Waals surface area contributed by atoms with Gasteiger partial charge in [0.1, 0.15) is 0 Å². The summed E-state index contributed by atoms with van der Waals surface area (Å²) in [6, 6.07) is 27.2. The third kappa shape index (κ3) is 7.67. The van der Waals surface area contributed by atoms with Crippen molar-refractivity contribution in [3.05, 3.63) is 165 Å². The van der Waals surface area contributed by atoms with Crippen molar-refractivity contribution in [3.63, 3.8) is 0 Å². The SMILES string of the molecule is O=C(C[C@H](c1cccnc1)C(C(=O)c1ccc(Cl)cc1)[C@H](CC(=O)c1ccc(Cl)cc1)c1cccnc1)c1ccc(Cl)cc1. The van der Waals surface area contributed by atoms with Crippen LogP contribution in [0.1, 0.15) is 66.9 Å². The van der Waals surface area contributed by atoms with Crippen LogP contribution in [0.3, 0.4) is 0 Å². The van der Waals surface area contributed by atoms with Gasteiger partial charge in [-0.2, -0.15) is 0 Å². The van der Waals surface area contributed by atoms with Gasteiger partial charge in [-0.25, -0.2) is 0 Å². The number of aromatic nitrogens is 2. The van der Waals surface area contributed by atoms with Gasteiger partial charge in [0.05, 0.1) is 0 Å². The smallest absolute Gasteiger partial charge is 0.167 e. The number of halogens is 3. The van der Waals surface area contributed by atoms with Gasteiger partial charge in [0.15, 0.2) is 17.3 Å². The highest BCUT2D eigenvalue weighted by Crippen LogP contribution is 2.43. The summed E-state index contributed by atoms with van der Waals surface area (Å²) >= 11 is 18.3. The molecule has 3 aromatic carbocycles. The van der Waals surface area contributed by atoms with Gasteiger partial charge in [-0.15, -0.1) is 0 Å². The number of nitrogens with zero attached hydrogens (tertiary/aromatic N) is 2. The second-order valence-electron chi connectivity index (χ2n) is 10.5. The van der Waals surface area contributed by atoms with E-state index in [1.165, 1.54) is 0 Å². The average Bonchev–Trinajstić information content (AvgIpc) is 3.05. The second kappa shape index (κ2) is 14.5. The highest BCUT2D eigenvalue weighted by Gasteiger charge is 2.40. The lowest BCUT2D eigenvalue weighted by Crippen LogP contribution is -2.32. The summed E-state index contributed by atoms with van der Waals surface area (Å²) in [6.07, 6.45) is 6.60. The second-order valence-corrected chi connectivity index (χ2v) is 11.8. The average molecular weight is 642 g/mol. The molecule has 2 aromatic heterocycles. The lowest BCUT2D eigenvalue weighted by Gasteiger charge is -2.33. The Hall–Kier alpha value is -4.16. The largest absolute Gasteiger partial charge is 0.294 e. The first-order valence-corrected chi connectivity index (χ1v) is 15.1. The van der Waals surface area contributed by atoms with Crippen molar-refractivity contribution in [1.82, 2.24) is 9.97 Å². The van der Waals surface area contributed by atoms with Crippen LogP contribution in [-0.4, -0.2) is 27.3 Å². The van der Waals surface area contributed by atoms with Crippen molar-refractivity contribution < 1.29 is 14.4 Å². The molecule has 0 amide bonds. The quantitative estimate of drug-likeness (QED) is 0.127. The molecule has 0 aliphatic carbocycles. The molecule has 5 rings (SSSR count). The fraction of sp³-hybridized carbons (Fsp3) is 0.139. The van der Waals surface area contributed by atoms with Crippen LogP contribution in [0.15, 0.2) is 122 Å². The zero-order chi connectivity index (χ0) is 31.1. The van der Waals surface area contributed by atoms with Crippen molar-refractivity contribution in [2.45, 2.75) is 24.7 Å². The minimum Gasteiger partial charge on any atom is -0.294 e. The van der Waals surface area contributed by atoms with Gasteiger partial charge in [0.2, 0.25) is 0 Å². The van der Waals surface area contributed by atoms with Gasteiger partial charge in [0, 0.05) is 87.1 Å². The molecule has 220 valence electrons. The molecule has 0 radical (unpaired) electrons. The van der Waals surface area contributed by atoms with Crippen molar-refractivity contribution in [2.75, 3.05) is 0 Å². The summed E-state index contributed by atoms with van der Waals surface area (Å²) < 4.78 is 0. The Labute approximate surface area is 270 Å². The topological polar surface area (TPSA) is 77.0 Å². The molecule has 5 nitrogen and oxygen atoms in total. The summed E-state index contributed by atoms with van der Waals surface area (Å²) in [5.74, 6) is -2.69. The van der Waals surface area contributed by atoms with E-state index in [2.05, 4.69) is 9.97 Å². The number of benzene rings is 3. The molecule has 0 N–H and O–H groups in total. The standard InChI is InChI=1S/C36H27Cl3N2O3/c37-28-11-5-23(6-12-28)33(42)19-31(26-3-1-17-40-21-26)35(36(44)25-9-15-30(39)16-10-25)32(27-4-2-18-41-22-27)20-34(43)24-7-13-29(38)14-8-24/h1-18,21-22,31-32,35H,19-20H2/t31-,32-/m1/s1. The van der Waals surface area contributed by atoms with Crippen LogP contribution in [0.4, 0.5) is 0 Å². The van der Waals surface area contributed by atoms with Crippen molar-refractivity contribution >= 4 is 52.2 Å². The Morgan fingerprint density at radius 3 is 1.23 bits per heavy atom. The Kier molecular flexibility index (Phi) is 10.3. The molecule has 2 atom stereocenters. The van der Waals surface area contributed by atoms with E-state index in [1.54, 1.807) is 110 Å². The molecule has 44 heavy (non-hydrogen) atoms. The van der Waals surface area contributed by atoms with Crippen LogP contribution in [0.2, 0.25) is 15.1 Å². The van der Waals surface area contributed by atoms with E-state index in [0.29, 0.717) is 42.9 Å². The molecule has 0 bridgehead atoms. The molecule has 0 saturated carbocycles. The van der Waals surface area contributed by atoms with Gasteiger partial charge in [-0.3, -0.25) is 24.4 Å². The molecular weight excluding hydrogens is 615 g/mol. The predicted molar refractivity (Wildman–Crippen MR) is 174 cm³/mol. The molecule has 5 aromatic rings. The summed E-state index contributed by atoms with van der Waals surface area (Å²) in [4.78, 5) is 50.9. The van der Waals surface area contributed by atoms with E-state index in [9.17, 15) is 14.4 Å². The van der Waals surface area contributed by atoms with E-state index in [1.807, 2.05) is 12.1 Å². The van der Waals surface area contributed by atoms with Crippen LogP contribution >= 0.6 is 34.8 Å². The first-order chi connectivity index (χ1) is 21.3. The fourth-order valence-electron chi connectivity index (χ4n) is 5.45. The third-order valence-electron chi connectivity index (χ3n) is 7.67. The number of carbonyl (C=O) groups is 3. The maximum absolute atomic E-state index is 14.7. The van der Waals surface area contributed by atoms with Gasteiger partial charge >= 0.3 is 0 Å². The van der Waals surface area contributed by atoms with Gasteiger partial charge in [0.25, 0.3) is 0 Å². The molecule has 0 aliphatic heterocycles. The van der Waals surface area contributed by atoms with E-state index in [-0.39, 0.29) is 30.2 Å². The monoisotopic (exact) mass is 640 g/mol. The summed E-state index contributed by atoms with van der Waals surface area (Å²) in [7, 11) is 0. The number of ketones is 3. The van der Waals surface area contributed by atoms with Crippen LogP contribution in [-0.2, 0) is 0 Å². The highest BCUT2D eigenvalue weighted by molar-refractivity contribution is 6.31. The van der Waals surface area contributed by atoms with Crippen LogP contribution in [0.5, 0.6) is 0 Å². The molecule has 0 spiro atoms. The van der Waals surface area contributed by atoms with E-state index in [0.717, 1.165) is 0 Å². The fourth-order valence-corrected chi connectivity index (χ4v) is 5.83. The molecular formula is C36H27Cl3N2O3. The zero-order valence-corrected chi connectivity index (χ0v) is 25.7. The van der Waals surface area contributed by atoms with Crippen LogP contribution in [0.25, 0.3) is 0 Å². The van der Waals surface area contributed by atoms with Crippen molar-refractivity contribution in [2.24, 2.45) is 5.92 Å². The normalized spacial score (nSPS) is 12.5. The van der Waals surface area contributed by atoms with Crippen LogP contribution in [0, 0.1) is 5.92 Å². The predicted octanol–water partition coefficient (Wildman–Crippen LogP) is 9.35. The summed E-state index contributed by atoms with van der Waals surface area (Å²) in [6.45, 7) is 0. The first kappa shape index (κ1) is 31.3. The number of pyridine rings is 2. The first-order valence-electron chi connectivity index (χ1n) is 14.0. The minimum absolute atomic E-state index is 0.0107. The minimum atomic E-state index is -0.850. The number of carbonyl (C=O) groups excluding carboxylic acids is 3. The summed E-state index contributed by atoms with van der Waals surface area (Å²) in [5, 5.41) is 1.51. The zero-order valence-electron chi connectivity index (χ0n) is 23.4. The van der Waals surface area contributed by atoms with Gasteiger partial charge < -0.3 is 0 Å². The van der Waals surface area contributed by atoms with E-state index >= 15 is 0 Å². The van der Waals surface area contributed by atoms with Gasteiger partial charge in [-0.1, -0.05) is 46.9 Å². The van der Waals surface area contributed by atoms with Crippen LogP contribution < -0.4 is 0 Å². The Morgan fingerprint density at radius 1 is 0.523 bits per heavy atom. The summed E-state index contributed by atoms with van der Waals surface area (Å²) in [5.41, 5.74) is 2.76. The molecule has 8 heteroatoms. The Morgan fingerprint density at radius 2 is 0.886 bits per heavy atom. The number of rotatable bonds is 12. The molecule has 0 fully saturated rings. The molecule has 0 unspecified atom stereocenters. The van der Waals surface area contributed by atoms with Gasteiger partial charge in [-0.05, 0) is 96.1 Å². The Balaban J connectivity index is 1.66. The van der Waals surface area contributed by atoms with Crippen molar-refractivity contribution in [3.8, 4) is 0 Å². The van der Waals surface area contributed by atoms with E-state index < -0.39 is 17.8 Å². The van der Waals surface area contributed by atoms with E-state index in [4.69, 9.17) is 34.8 Å². The molecule has 0 saturated heterocycles. The van der Waals surface area contributed by atoms with Crippen molar-refractivity contribution in [1.29, 1.82) is 0 Å². The Bertz CT molecular complexity index is 1630. The number of Topliss-reactive ketones (excluding diaryl/α,β-unsaturated/α-hetero) is 3. The maximum Gasteiger partial charge on any atom is 0.167 e. The maximum atomic E-state index is 14.7.